The first-order valence-corrected chi connectivity index (χ1v) is 7.46. The molecule has 1 aromatic rings. The molecule has 0 bridgehead atoms. The molecule has 116 valence electrons. The zero-order valence-electron chi connectivity index (χ0n) is 13.7. The lowest BCUT2D eigenvalue weighted by atomic mass is 9.90. The molecule has 0 aromatic carbocycles. The summed E-state index contributed by atoms with van der Waals surface area (Å²) in [7, 11) is 0. The van der Waals surface area contributed by atoms with E-state index in [9.17, 15) is 4.79 Å². The van der Waals surface area contributed by atoms with Gasteiger partial charge in [-0.3, -0.25) is 4.79 Å². The molecule has 0 radical (unpaired) electrons. The number of rotatable bonds is 2. The zero-order chi connectivity index (χ0) is 15.8. The monoisotopic (exact) mass is 290 g/mol. The number of hydrogen-bond donors (Lipinski definition) is 2. The number of carbonyl (C=O) groups is 1. The molecule has 5 nitrogen and oxygen atoms in total. The summed E-state index contributed by atoms with van der Waals surface area (Å²) in [5, 5.41) is 0. The molecule has 2 rings (SSSR count). The van der Waals surface area contributed by atoms with E-state index in [-0.39, 0.29) is 16.9 Å². The van der Waals surface area contributed by atoms with Gasteiger partial charge < -0.3 is 10.3 Å². The lowest BCUT2D eigenvalue weighted by molar-refractivity contribution is 0.0651. The van der Waals surface area contributed by atoms with Gasteiger partial charge in [0, 0.05) is 28.8 Å². The number of nitrogens with zero attached hydrogens (tertiary/aromatic N) is 2. The molecule has 3 N–H and O–H groups in total. The molecule has 5 heteroatoms. The summed E-state index contributed by atoms with van der Waals surface area (Å²) in [6, 6.07) is 3.61. The Kier molecular flexibility index (Phi) is 3.97. The van der Waals surface area contributed by atoms with E-state index in [1.807, 2.05) is 11.0 Å². The lowest BCUT2D eigenvalue weighted by Crippen LogP contribution is -2.42. The number of nitrogens with two attached hydrogens (primary N) is 1. The number of pyridine rings is 1. The van der Waals surface area contributed by atoms with E-state index in [1.54, 1.807) is 6.07 Å². The molecule has 2 heterocycles. The van der Waals surface area contributed by atoms with Crippen molar-refractivity contribution >= 4 is 11.7 Å². The van der Waals surface area contributed by atoms with Crippen LogP contribution in [0.25, 0.3) is 0 Å². The van der Waals surface area contributed by atoms with Crippen LogP contribution in [0.15, 0.2) is 12.1 Å². The number of nitrogens with one attached hydrogen (secondary N) is 1. The predicted octanol–water partition coefficient (Wildman–Crippen LogP) is 2.68. The van der Waals surface area contributed by atoms with Crippen molar-refractivity contribution in [1.82, 2.24) is 9.88 Å². The first-order chi connectivity index (χ1) is 9.65. The first-order valence-electron chi connectivity index (χ1n) is 7.46. The van der Waals surface area contributed by atoms with Crippen molar-refractivity contribution in [2.45, 2.75) is 58.4 Å². The van der Waals surface area contributed by atoms with Gasteiger partial charge in [-0.2, -0.15) is 0 Å². The number of aromatic nitrogens is 1. The molecular formula is C16H26N4O. The molecule has 0 atom stereocenters. The minimum absolute atomic E-state index is 0.0573. The average Bonchev–Trinajstić information content (AvgIpc) is 2.75. The third-order valence-electron chi connectivity index (χ3n) is 4.13. The van der Waals surface area contributed by atoms with Gasteiger partial charge in [-0.1, -0.05) is 20.8 Å². The van der Waals surface area contributed by atoms with Gasteiger partial charge in [0.2, 0.25) is 0 Å². The van der Waals surface area contributed by atoms with Crippen LogP contribution in [-0.2, 0) is 5.41 Å². The molecule has 0 unspecified atom stereocenters. The Bertz CT molecular complexity index is 546. The highest BCUT2D eigenvalue weighted by molar-refractivity contribution is 5.95. The molecule has 1 amide bonds. The fourth-order valence-corrected chi connectivity index (χ4v) is 2.75. The van der Waals surface area contributed by atoms with Gasteiger partial charge in [-0.05, 0) is 38.8 Å². The number of hydrazine groups is 1. The maximum absolute atomic E-state index is 12.8. The Morgan fingerprint density at radius 2 is 2.05 bits per heavy atom. The lowest BCUT2D eigenvalue weighted by Gasteiger charge is -2.32. The highest BCUT2D eigenvalue weighted by Crippen LogP contribution is 2.31. The number of carbonyl (C=O) groups excluding carboxylic acids is 1. The molecule has 1 aromatic heterocycles. The third-order valence-corrected chi connectivity index (χ3v) is 4.13. The largest absolute Gasteiger partial charge is 0.334 e. The predicted molar refractivity (Wildman–Crippen MR) is 85.1 cm³/mol. The molecule has 1 aliphatic rings. The van der Waals surface area contributed by atoms with Gasteiger partial charge >= 0.3 is 0 Å². The van der Waals surface area contributed by atoms with Crippen molar-refractivity contribution in [3.05, 3.63) is 23.4 Å². The van der Waals surface area contributed by atoms with Crippen LogP contribution in [0.3, 0.4) is 0 Å². The van der Waals surface area contributed by atoms with E-state index in [4.69, 9.17) is 5.84 Å². The number of amides is 1. The quantitative estimate of drug-likeness (QED) is 0.649. The normalized spacial score (nSPS) is 17.9. The smallest absolute Gasteiger partial charge is 0.254 e. The van der Waals surface area contributed by atoms with Crippen molar-refractivity contribution in [2.24, 2.45) is 5.84 Å². The zero-order valence-corrected chi connectivity index (χ0v) is 13.7. The Balaban J connectivity index is 2.41. The minimum atomic E-state index is -0.136. The van der Waals surface area contributed by atoms with Crippen molar-refractivity contribution in [3.63, 3.8) is 0 Å². The second-order valence-electron chi connectivity index (χ2n) is 7.39. The molecule has 0 spiro atoms. The summed E-state index contributed by atoms with van der Waals surface area (Å²) >= 11 is 0. The summed E-state index contributed by atoms with van der Waals surface area (Å²) in [6.07, 6.45) is 2.09. The Hall–Kier alpha value is -1.62. The first kappa shape index (κ1) is 15.8. The fourth-order valence-electron chi connectivity index (χ4n) is 2.75. The van der Waals surface area contributed by atoms with E-state index >= 15 is 0 Å². The molecule has 1 fully saturated rings. The number of nitrogen functional groups attached to an aromatic ring is 1. The van der Waals surface area contributed by atoms with Crippen LogP contribution in [0.1, 0.15) is 63.5 Å². The molecular weight excluding hydrogens is 264 g/mol. The van der Waals surface area contributed by atoms with Crippen LogP contribution in [0, 0.1) is 0 Å². The van der Waals surface area contributed by atoms with Gasteiger partial charge in [0.1, 0.15) is 5.82 Å². The van der Waals surface area contributed by atoms with Crippen LogP contribution in [0.2, 0.25) is 0 Å². The van der Waals surface area contributed by atoms with Crippen molar-refractivity contribution in [3.8, 4) is 0 Å². The fraction of sp³-hybridized carbons (Fsp3) is 0.625. The summed E-state index contributed by atoms with van der Waals surface area (Å²) in [5.41, 5.74) is 3.85. The Labute approximate surface area is 126 Å². The van der Waals surface area contributed by atoms with Crippen LogP contribution >= 0.6 is 0 Å². The van der Waals surface area contributed by atoms with Crippen molar-refractivity contribution in [1.29, 1.82) is 0 Å². The van der Waals surface area contributed by atoms with Crippen LogP contribution in [0.5, 0.6) is 0 Å². The number of likely N-dealkylation sites (tertiary alicyclic amines) is 1. The van der Waals surface area contributed by atoms with Crippen LogP contribution in [0.4, 0.5) is 5.82 Å². The van der Waals surface area contributed by atoms with Crippen molar-refractivity contribution in [2.75, 3.05) is 12.0 Å². The third kappa shape index (κ3) is 3.18. The second-order valence-corrected chi connectivity index (χ2v) is 7.39. The van der Waals surface area contributed by atoms with Gasteiger partial charge in [0.15, 0.2) is 0 Å². The standard InChI is InChI=1S/C16H26N4O/c1-15(2,3)12-9-11(10-13(18-12)19-17)14(21)20-8-6-7-16(20,4)5/h9-10H,6-8,17H2,1-5H3,(H,18,19). The van der Waals surface area contributed by atoms with E-state index in [0.717, 1.165) is 25.1 Å². The summed E-state index contributed by atoms with van der Waals surface area (Å²) < 4.78 is 0. The van der Waals surface area contributed by atoms with Crippen LogP contribution in [-0.4, -0.2) is 27.9 Å². The van der Waals surface area contributed by atoms with E-state index in [1.165, 1.54) is 0 Å². The second kappa shape index (κ2) is 5.30. The Morgan fingerprint density at radius 1 is 1.38 bits per heavy atom. The average molecular weight is 290 g/mol. The molecule has 1 aliphatic heterocycles. The highest BCUT2D eigenvalue weighted by Gasteiger charge is 2.36. The van der Waals surface area contributed by atoms with Crippen LogP contribution < -0.4 is 11.3 Å². The maximum Gasteiger partial charge on any atom is 0.254 e. The Morgan fingerprint density at radius 3 is 2.52 bits per heavy atom. The highest BCUT2D eigenvalue weighted by atomic mass is 16.2. The molecule has 0 saturated carbocycles. The SMILES string of the molecule is CC(C)(C)c1cc(C(=O)N2CCCC2(C)C)cc(NN)n1. The van der Waals surface area contributed by atoms with Gasteiger partial charge in [0.05, 0.1) is 0 Å². The minimum Gasteiger partial charge on any atom is -0.334 e. The van der Waals surface area contributed by atoms with E-state index < -0.39 is 0 Å². The van der Waals surface area contributed by atoms with Crippen molar-refractivity contribution < 1.29 is 4.79 Å². The van der Waals surface area contributed by atoms with Gasteiger partial charge in [-0.15, -0.1) is 0 Å². The van der Waals surface area contributed by atoms with Gasteiger partial charge in [0.25, 0.3) is 5.91 Å². The van der Waals surface area contributed by atoms with Gasteiger partial charge in [-0.25, -0.2) is 10.8 Å². The summed E-state index contributed by atoms with van der Waals surface area (Å²) in [5.74, 6) is 6.09. The number of anilines is 1. The van der Waals surface area contributed by atoms with E-state index in [2.05, 4.69) is 45.0 Å². The number of hydrogen-bond acceptors (Lipinski definition) is 4. The summed E-state index contributed by atoms with van der Waals surface area (Å²) in [4.78, 5) is 19.3. The maximum atomic E-state index is 12.8. The molecule has 0 aliphatic carbocycles. The molecule has 21 heavy (non-hydrogen) atoms. The van der Waals surface area contributed by atoms with E-state index in [0.29, 0.717) is 11.4 Å². The topological polar surface area (TPSA) is 71.2 Å². The summed E-state index contributed by atoms with van der Waals surface area (Å²) in [6.45, 7) is 11.3. The molecule has 1 saturated heterocycles.